The third-order valence-electron chi connectivity index (χ3n) is 4.28. The van der Waals surface area contributed by atoms with Crippen molar-refractivity contribution in [2.24, 2.45) is 0 Å². The zero-order valence-corrected chi connectivity index (χ0v) is 14.4. The Labute approximate surface area is 150 Å². The molecule has 0 unspecified atom stereocenters. The normalized spacial score (nSPS) is 12.5. The molecule has 3 aromatic rings. The lowest BCUT2D eigenvalue weighted by Crippen LogP contribution is -2.23. The van der Waals surface area contributed by atoms with Crippen LogP contribution in [0.15, 0.2) is 76.5 Å². The second-order valence-corrected chi connectivity index (χ2v) is 6.85. The maximum atomic E-state index is 13.1. The van der Waals surface area contributed by atoms with E-state index in [1.807, 2.05) is 42.5 Å². The molecule has 4 heteroatoms. The number of ketones is 2. The van der Waals surface area contributed by atoms with Crippen LogP contribution in [0.25, 0.3) is 0 Å². The lowest BCUT2D eigenvalue weighted by Gasteiger charge is -2.22. The number of carbonyl (C=O) groups excluding carboxylic acids is 2. The van der Waals surface area contributed by atoms with Crippen LogP contribution in [0.5, 0.6) is 0 Å². The van der Waals surface area contributed by atoms with Crippen LogP contribution in [0.3, 0.4) is 0 Å². The molecule has 3 nitrogen and oxygen atoms in total. The lowest BCUT2D eigenvalue weighted by atomic mass is 9.83. The molecule has 0 saturated heterocycles. The number of benzene rings is 3. The third kappa shape index (κ3) is 2.55. The molecule has 0 fully saturated rings. The van der Waals surface area contributed by atoms with Crippen molar-refractivity contribution in [1.29, 1.82) is 0 Å². The first-order valence-electron chi connectivity index (χ1n) is 7.97. The standard InChI is InChI=1S/C21H15NO2S/c1-22-16-11-12-17(25-13-7-3-2-4-8-13)19-18(16)20(23)14-9-5-6-10-15(14)21(19)24/h2-12,22H,1H3. The van der Waals surface area contributed by atoms with E-state index in [1.54, 1.807) is 31.3 Å². The summed E-state index contributed by atoms with van der Waals surface area (Å²) in [5.41, 5.74) is 2.58. The Morgan fingerprint density at radius 2 is 1.32 bits per heavy atom. The van der Waals surface area contributed by atoms with Crippen LogP contribution in [0, 0.1) is 0 Å². The number of anilines is 1. The highest BCUT2D eigenvalue weighted by Gasteiger charge is 2.33. The van der Waals surface area contributed by atoms with Crippen molar-refractivity contribution in [2.45, 2.75) is 9.79 Å². The van der Waals surface area contributed by atoms with Crippen LogP contribution < -0.4 is 5.32 Å². The molecule has 0 saturated carbocycles. The fourth-order valence-electron chi connectivity index (χ4n) is 3.10. The minimum atomic E-state index is -0.106. The molecule has 0 aliphatic heterocycles. The fourth-order valence-corrected chi connectivity index (χ4v) is 4.08. The zero-order valence-electron chi connectivity index (χ0n) is 13.6. The second-order valence-electron chi connectivity index (χ2n) is 5.73. The first-order valence-corrected chi connectivity index (χ1v) is 8.78. The van der Waals surface area contributed by atoms with Crippen LogP contribution in [0.1, 0.15) is 31.8 Å². The molecule has 1 N–H and O–H groups in total. The smallest absolute Gasteiger partial charge is 0.196 e. The van der Waals surface area contributed by atoms with E-state index in [2.05, 4.69) is 5.32 Å². The first kappa shape index (κ1) is 15.7. The Kier molecular flexibility index (Phi) is 3.90. The number of rotatable bonds is 3. The van der Waals surface area contributed by atoms with E-state index in [0.717, 1.165) is 9.79 Å². The van der Waals surface area contributed by atoms with Gasteiger partial charge in [0, 0.05) is 39.2 Å². The Morgan fingerprint density at radius 3 is 1.96 bits per heavy atom. The highest BCUT2D eigenvalue weighted by atomic mass is 32.2. The molecule has 25 heavy (non-hydrogen) atoms. The first-order chi connectivity index (χ1) is 12.2. The second kappa shape index (κ2) is 6.22. The molecule has 0 atom stereocenters. The summed E-state index contributed by atoms with van der Waals surface area (Å²) >= 11 is 1.50. The van der Waals surface area contributed by atoms with Gasteiger partial charge in [-0.2, -0.15) is 0 Å². The molecular formula is C21H15NO2S. The predicted octanol–water partition coefficient (Wildman–Crippen LogP) is 4.65. The largest absolute Gasteiger partial charge is 0.388 e. The van der Waals surface area contributed by atoms with Gasteiger partial charge in [0.25, 0.3) is 0 Å². The summed E-state index contributed by atoms with van der Waals surface area (Å²) in [6.07, 6.45) is 0. The maximum absolute atomic E-state index is 13.1. The van der Waals surface area contributed by atoms with Gasteiger partial charge >= 0.3 is 0 Å². The van der Waals surface area contributed by atoms with Gasteiger partial charge in [-0.3, -0.25) is 9.59 Å². The van der Waals surface area contributed by atoms with Gasteiger partial charge in [0.15, 0.2) is 11.6 Å². The molecule has 0 bridgehead atoms. The fraction of sp³-hybridized carbons (Fsp3) is 0.0476. The van der Waals surface area contributed by atoms with Crippen LogP contribution in [-0.4, -0.2) is 18.6 Å². The van der Waals surface area contributed by atoms with E-state index >= 15 is 0 Å². The van der Waals surface area contributed by atoms with Gasteiger partial charge < -0.3 is 5.32 Å². The van der Waals surface area contributed by atoms with Gasteiger partial charge in [0.1, 0.15) is 0 Å². The van der Waals surface area contributed by atoms with Crippen LogP contribution in [0.2, 0.25) is 0 Å². The van der Waals surface area contributed by atoms with Gasteiger partial charge in [-0.15, -0.1) is 0 Å². The summed E-state index contributed by atoms with van der Waals surface area (Å²) in [6.45, 7) is 0. The Balaban J connectivity index is 1.93. The minimum Gasteiger partial charge on any atom is -0.388 e. The molecule has 1 aliphatic rings. The summed E-state index contributed by atoms with van der Waals surface area (Å²) < 4.78 is 0. The van der Waals surface area contributed by atoms with Crippen molar-refractivity contribution >= 4 is 29.0 Å². The van der Waals surface area contributed by atoms with Gasteiger partial charge in [-0.05, 0) is 24.3 Å². The molecule has 3 aromatic carbocycles. The highest BCUT2D eigenvalue weighted by Crippen LogP contribution is 2.40. The third-order valence-corrected chi connectivity index (χ3v) is 5.35. The topological polar surface area (TPSA) is 46.2 Å². The molecule has 0 heterocycles. The summed E-state index contributed by atoms with van der Waals surface area (Å²) in [5, 5.41) is 3.05. The predicted molar refractivity (Wildman–Crippen MR) is 99.9 cm³/mol. The van der Waals surface area contributed by atoms with Crippen LogP contribution in [-0.2, 0) is 0 Å². The van der Waals surface area contributed by atoms with Crippen molar-refractivity contribution in [1.82, 2.24) is 0 Å². The van der Waals surface area contributed by atoms with Gasteiger partial charge in [0.05, 0.1) is 5.56 Å². The Hall–Kier alpha value is -2.85. The van der Waals surface area contributed by atoms with Crippen molar-refractivity contribution in [3.8, 4) is 0 Å². The molecule has 0 radical (unpaired) electrons. The van der Waals surface area contributed by atoms with Crippen LogP contribution in [0.4, 0.5) is 5.69 Å². The van der Waals surface area contributed by atoms with Crippen LogP contribution >= 0.6 is 11.8 Å². The van der Waals surface area contributed by atoms with Gasteiger partial charge in [-0.1, -0.05) is 54.2 Å². The molecule has 0 aromatic heterocycles. The lowest BCUT2D eigenvalue weighted by molar-refractivity contribution is 0.0977. The van der Waals surface area contributed by atoms with Gasteiger partial charge in [0.2, 0.25) is 0 Å². The van der Waals surface area contributed by atoms with E-state index < -0.39 is 0 Å². The van der Waals surface area contributed by atoms with Crippen molar-refractivity contribution in [2.75, 3.05) is 12.4 Å². The van der Waals surface area contributed by atoms with Gasteiger partial charge in [-0.25, -0.2) is 0 Å². The molecule has 1 aliphatic carbocycles. The number of carbonyl (C=O) groups is 2. The molecule has 4 rings (SSSR count). The molecular weight excluding hydrogens is 330 g/mol. The Bertz CT molecular complexity index is 996. The van der Waals surface area contributed by atoms with E-state index in [9.17, 15) is 9.59 Å². The average molecular weight is 345 g/mol. The average Bonchev–Trinajstić information content (AvgIpc) is 2.66. The minimum absolute atomic E-state index is 0.0965. The number of hydrogen-bond acceptors (Lipinski definition) is 4. The Morgan fingerprint density at radius 1 is 0.720 bits per heavy atom. The summed E-state index contributed by atoms with van der Waals surface area (Å²) in [6, 6.07) is 20.6. The molecule has 0 amide bonds. The van der Waals surface area contributed by atoms with Crippen molar-refractivity contribution in [3.63, 3.8) is 0 Å². The number of hydrogen-bond donors (Lipinski definition) is 1. The number of nitrogens with one attached hydrogen (secondary N) is 1. The van der Waals surface area contributed by atoms with E-state index in [1.165, 1.54) is 11.8 Å². The molecule has 0 spiro atoms. The van der Waals surface area contributed by atoms with E-state index in [-0.39, 0.29) is 11.6 Å². The van der Waals surface area contributed by atoms with Crippen molar-refractivity contribution < 1.29 is 9.59 Å². The SMILES string of the molecule is CNc1ccc(Sc2ccccc2)c2c1C(=O)c1ccccc1C2=O. The number of fused-ring (bicyclic) bond motifs is 2. The quantitative estimate of drug-likeness (QED) is 0.587. The highest BCUT2D eigenvalue weighted by molar-refractivity contribution is 7.99. The van der Waals surface area contributed by atoms with E-state index in [0.29, 0.717) is 27.9 Å². The summed E-state index contributed by atoms with van der Waals surface area (Å²) in [4.78, 5) is 28.0. The monoisotopic (exact) mass is 345 g/mol. The van der Waals surface area contributed by atoms with Crippen molar-refractivity contribution in [3.05, 3.63) is 89.0 Å². The maximum Gasteiger partial charge on any atom is 0.196 e. The zero-order chi connectivity index (χ0) is 17.4. The van der Waals surface area contributed by atoms with E-state index in [4.69, 9.17) is 0 Å². The molecule has 122 valence electrons. The summed E-state index contributed by atoms with van der Waals surface area (Å²) in [7, 11) is 1.76. The summed E-state index contributed by atoms with van der Waals surface area (Å²) in [5.74, 6) is -0.203.